The van der Waals surface area contributed by atoms with E-state index in [2.05, 4.69) is 0 Å². The number of nitrogens with zero attached hydrogens (tertiary/aromatic N) is 1. The van der Waals surface area contributed by atoms with Gasteiger partial charge in [0.1, 0.15) is 0 Å². The highest BCUT2D eigenvalue weighted by atomic mass is 32.2. The van der Waals surface area contributed by atoms with Gasteiger partial charge in [0, 0.05) is 25.9 Å². The molecule has 0 aromatic carbocycles. The lowest BCUT2D eigenvalue weighted by atomic mass is 9.93. The summed E-state index contributed by atoms with van der Waals surface area (Å²) in [6.45, 7) is 0.525. The van der Waals surface area contributed by atoms with Crippen LogP contribution in [0.25, 0.3) is 0 Å². The van der Waals surface area contributed by atoms with E-state index in [4.69, 9.17) is 5.11 Å². The third kappa shape index (κ3) is 7.12. The Morgan fingerprint density at radius 1 is 1.24 bits per heavy atom. The number of carboxylic acids is 1. The van der Waals surface area contributed by atoms with Crippen LogP contribution in [-0.2, 0) is 14.8 Å². The number of piperidine rings is 1. The van der Waals surface area contributed by atoms with E-state index in [1.165, 1.54) is 4.31 Å². The second-order valence-corrected chi connectivity index (χ2v) is 7.40. The van der Waals surface area contributed by atoms with E-state index in [0.29, 0.717) is 19.3 Å². The van der Waals surface area contributed by atoms with Crippen molar-refractivity contribution in [2.45, 2.75) is 44.7 Å². The van der Waals surface area contributed by atoms with Crippen LogP contribution in [0.3, 0.4) is 0 Å². The van der Waals surface area contributed by atoms with Gasteiger partial charge in [-0.1, -0.05) is 0 Å². The molecule has 0 bridgehead atoms. The normalized spacial score (nSPS) is 18.8. The monoisotopic (exact) mass is 331 g/mol. The molecule has 0 radical (unpaired) electrons. The van der Waals surface area contributed by atoms with Crippen LogP contribution in [0.15, 0.2) is 0 Å². The van der Waals surface area contributed by atoms with Crippen molar-refractivity contribution in [3.05, 3.63) is 0 Å². The van der Waals surface area contributed by atoms with Gasteiger partial charge in [-0.15, -0.1) is 0 Å². The van der Waals surface area contributed by atoms with Crippen molar-refractivity contribution in [2.24, 2.45) is 5.92 Å². The predicted molar refractivity (Wildman–Crippen MR) is 70.2 cm³/mol. The van der Waals surface area contributed by atoms with Gasteiger partial charge in [-0.05, 0) is 31.6 Å². The summed E-state index contributed by atoms with van der Waals surface area (Å²) in [7, 11) is -3.64. The average Bonchev–Trinajstić information content (AvgIpc) is 2.35. The van der Waals surface area contributed by atoms with Gasteiger partial charge in [-0.3, -0.25) is 4.79 Å². The van der Waals surface area contributed by atoms with Gasteiger partial charge in [0.2, 0.25) is 10.0 Å². The van der Waals surface area contributed by atoms with Crippen LogP contribution in [-0.4, -0.2) is 48.8 Å². The summed E-state index contributed by atoms with van der Waals surface area (Å²) in [5.74, 6) is -1.20. The molecule has 0 saturated carbocycles. The van der Waals surface area contributed by atoms with E-state index in [1.807, 2.05) is 0 Å². The van der Waals surface area contributed by atoms with Crippen molar-refractivity contribution in [1.82, 2.24) is 4.31 Å². The summed E-state index contributed by atoms with van der Waals surface area (Å²) >= 11 is 0. The highest BCUT2D eigenvalue weighted by Gasteiger charge is 2.31. The molecule has 1 N–H and O–H groups in total. The first kappa shape index (κ1) is 18.2. The van der Waals surface area contributed by atoms with Crippen LogP contribution in [0.1, 0.15) is 38.5 Å². The predicted octanol–water partition coefficient (Wildman–Crippen LogP) is 2.24. The molecule has 1 heterocycles. The fourth-order valence-corrected chi connectivity index (χ4v) is 3.92. The van der Waals surface area contributed by atoms with Crippen molar-refractivity contribution >= 4 is 16.0 Å². The summed E-state index contributed by atoms with van der Waals surface area (Å²) < 4.78 is 61.1. The van der Waals surface area contributed by atoms with Crippen molar-refractivity contribution in [3.63, 3.8) is 0 Å². The van der Waals surface area contributed by atoms with E-state index >= 15 is 0 Å². The molecule has 1 aliphatic rings. The zero-order chi connectivity index (χ0) is 16.1. The number of halogens is 3. The number of rotatable bonds is 7. The van der Waals surface area contributed by atoms with E-state index in [-0.39, 0.29) is 25.4 Å². The molecule has 0 unspecified atom stereocenters. The summed E-state index contributed by atoms with van der Waals surface area (Å²) in [6, 6.07) is 0. The van der Waals surface area contributed by atoms with Gasteiger partial charge in [-0.25, -0.2) is 12.7 Å². The van der Waals surface area contributed by atoms with Crippen LogP contribution in [0, 0.1) is 5.92 Å². The van der Waals surface area contributed by atoms with Gasteiger partial charge >= 0.3 is 12.1 Å². The maximum atomic E-state index is 12.0. The SMILES string of the molecule is O=C(O)CCC1CCN(S(=O)(=O)CCCC(F)(F)F)CC1. The van der Waals surface area contributed by atoms with Gasteiger partial charge in [0.25, 0.3) is 0 Å². The molecule has 1 fully saturated rings. The van der Waals surface area contributed by atoms with Crippen molar-refractivity contribution in [1.29, 1.82) is 0 Å². The Labute approximate surface area is 122 Å². The van der Waals surface area contributed by atoms with Gasteiger partial charge in [0.05, 0.1) is 5.75 Å². The second-order valence-electron chi connectivity index (χ2n) is 5.31. The van der Waals surface area contributed by atoms with Crippen LogP contribution >= 0.6 is 0 Å². The first-order valence-corrected chi connectivity index (χ1v) is 8.47. The maximum Gasteiger partial charge on any atom is 0.389 e. The van der Waals surface area contributed by atoms with E-state index in [1.54, 1.807) is 0 Å². The molecule has 0 aromatic heterocycles. The minimum atomic E-state index is -4.33. The third-order valence-electron chi connectivity index (χ3n) is 3.60. The topological polar surface area (TPSA) is 74.7 Å². The molecular formula is C12H20F3NO4S. The van der Waals surface area contributed by atoms with Gasteiger partial charge in [0.15, 0.2) is 0 Å². The minimum absolute atomic E-state index is 0.0585. The zero-order valence-electron chi connectivity index (χ0n) is 11.6. The number of hydrogen-bond acceptors (Lipinski definition) is 3. The zero-order valence-corrected chi connectivity index (χ0v) is 12.4. The first-order chi connectivity index (χ1) is 9.60. The molecule has 0 amide bonds. The maximum absolute atomic E-state index is 12.0. The number of sulfonamides is 1. The van der Waals surface area contributed by atoms with Crippen LogP contribution in [0.4, 0.5) is 13.2 Å². The molecular weight excluding hydrogens is 311 g/mol. The Morgan fingerprint density at radius 3 is 2.29 bits per heavy atom. The van der Waals surface area contributed by atoms with Crippen molar-refractivity contribution in [2.75, 3.05) is 18.8 Å². The number of alkyl halides is 3. The molecule has 21 heavy (non-hydrogen) atoms. The Kier molecular flexibility index (Phi) is 6.45. The van der Waals surface area contributed by atoms with Crippen molar-refractivity contribution in [3.8, 4) is 0 Å². The number of aliphatic carboxylic acids is 1. The first-order valence-electron chi connectivity index (χ1n) is 6.86. The quantitative estimate of drug-likeness (QED) is 0.776. The highest BCUT2D eigenvalue weighted by Crippen LogP contribution is 2.25. The summed E-state index contributed by atoms with van der Waals surface area (Å²) in [6.07, 6.45) is -4.16. The summed E-state index contributed by atoms with van der Waals surface area (Å²) in [5.41, 5.74) is 0. The van der Waals surface area contributed by atoms with Crippen LogP contribution in [0.5, 0.6) is 0 Å². The van der Waals surface area contributed by atoms with E-state index in [9.17, 15) is 26.4 Å². The summed E-state index contributed by atoms with van der Waals surface area (Å²) in [5, 5.41) is 8.59. The molecule has 0 atom stereocenters. The number of carbonyl (C=O) groups is 1. The molecule has 124 valence electrons. The Hall–Kier alpha value is -0.830. The number of hydrogen-bond donors (Lipinski definition) is 1. The molecule has 1 saturated heterocycles. The Bertz CT molecular complexity index is 442. The molecule has 5 nitrogen and oxygen atoms in total. The van der Waals surface area contributed by atoms with Crippen LogP contribution < -0.4 is 0 Å². The molecule has 0 aromatic rings. The Balaban J connectivity index is 2.36. The second kappa shape index (κ2) is 7.44. The van der Waals surface area contributed by atoms with Gasteiger partial charge < -0.3 is 5.11 Å². The fraction of sp³-hybridized carbons (Fsp3) is 0.917. The van der Waals surface area contributed by atoms with E-state index < -0.39 is 40.8 Å². The average molecular weight is 331 g/mol. The smallest absolute Gasteiger partial charge is 0.389 e. The number of carboxylic acid groups (broad SMARTS) is 1. The summed E-state index contributed by atoms with van der Waals surface area (Å²) in [4.78, 5) is 10.5. The largest absolute Gasteiger partial charge is 0.481 e. The fourth-order valence-electron chi connectivity index (χ4n) is 2.39. The van der Waals surface area contributed by atoms with E-state index in [0.717, 1.165) is 0 Å². The van der Waals surface area contributed by atoms with Crippen molar-refractivity contribution < 1.29 is 31.5 Å². The lowest BCUT2D eigenvalue weighted by Gasteiger charge is -2.31. The molecule has 1 aliphatic heterocycles. The molecule has 0 spiro atoms. The minimum Gasteiger partial charge on any atom is -0.481 e. The Morgan fingerprint density at radius 2 is 1.81 bits per heavy atom. The third-order valence-corrected chi connectivity index (χ3v) is 5.55. The highest BCUT2D eigenvalue weighted by molar-refractivity contribution is 7.89. The standard InChI is InChI=1S/C12H20F3NO4S/c13-12(14,15)6-1-9-21(19,20)16-7-4-10(5-8-16)2-3-11(17)18/h10H,1-9H2,(H,17,18). The van der Waals surface area contributed by atoms with Crippen LogP contribution in [0.2, 0.25) is 0 Å². The molecule has 1 rings (SSSR count). The lowest BCUT2D eigenvalue weighted by molar-refractivity contribution is -0.137. The van der Waals surface area contributed by atoms with Gasteiger partial charge in [-0.2, -0.15) is 13.2 Å². The molecule has 0 aliphatic carbocycles. The lowest BCUT2D eigenvalue weighted by Crippen LogP contribution is -2.40. The molecule has 9 heteroatoms.